The maximum absolute atomic E-state index is 9.32. The number of aliphatic hydroxyl groups excluding tert-OH is 1. The standard InChI is InChI=1S/C16H24N4O/c1-19-16-7-3-2-6-14(16)15(18-19)12-20(9-10-21)11-13-5-4-8-17-13/h2-3,6-7,13,17,21H,4-5,8-12H2,1H3. The van der Waals surface area contributed by atoms with Crippen molar-refractivity contribution in [2.75, 3.05) is 26.2 Å². The Kier molecular flexibility index (Phi) is 4.53. The molecule has 0 bridgehead atoms. The van der Waals surface area contributed by atoms with Gasteiger partial charge in [-0.2, -0.15) is 5.10 Å². The summed E-state index contributed by atoms with van der Waals surface area (Å²) in [7, 11) is 1.99. The molecule has 2 aromatic rings. The number of aryl methyl sites for hydroxylation is 1. The van der Waals surface area contributed by atoms with Crippen LogP contribution in [0.4, 0.5) is 0 Å². The molecule has 2 heterocycles. The predicted molar refractivity (Wildman–Crippen MR) is 84.1 cm³/mol. The van der Waals surface area contributed by atoms with Gasteiger partial charge in [0.25, 0.3) is 0 Å². The lowest BCUT2D eigenvalue weighted by molar-refractivity contribution is 0.178. The molecule has 0 saturated carbocycles. The second kappa shape index (κ2) is 6.56. The third-order valence-electron chi connectivity index (χ3n) is 4.26. The average molecular weight is 288 g/mol. The Balaban J connectivity index is 1.77. The molecule has 0 radical (unpaired) electrons. The fraction of sp³-hybridized carbons (Fsp3) is 0.562. The van der Waals surface area contributed by atoms with Crippen molar-refractivity contribution >= 4 is 10.9 Å². The monoisotopic (exact) mass is 288 g/mol. The van der Waals surface area contributed by atoms with Gasteiger partial charge in [-0.25, -0.2) is 0 Å². The Morgan fingerprint density at radius 2 is 2.29 bits per heavy atom. The molecule has 1 aromatic carbocycles. The Bertz CT molecular complexity index is 589. The highest BCUT2D eigenvalue weighted by molar-refractivity contribution is 5.81. The fourth-order valence-electron chi connectivity index (χ4n) is 3.22. The van der Waals surface area contributed by atoms with Crippen molar-refractivity contribution in [2.45, 2.75) is 25.4 Å². The first-order chi connectivity index (χ1) is 10.3. The van der Waals surface area contributed by atoms with E-state index < -0.39 is 0 Å². The maximum Gasteiger partial charge on any atom is 0.0843 e. The summed E-state index contributed by atoms with van der Waals surface area (Å²) in [5.74, 6) is 0. The fourth-order valence-corrected chi connectivity index (χ4v) is 3.22. The summed E-state index contributed by atoms with van der Waals surface area (Å²) < 4.78 is 1.94. The van der Waals surface area contributed by atoms with Crippen LogP contribution in [0.2, 0.25) is 0 Å². The van der Waals surface area contributed by atoms with Crippen molar-refractivity contribution in [1.29, 1.82) is 0 Å². The molecule has 5 nitrogen and oxygen atoms in total. The molecule has 1 aliphatic heterocycles. The highest BCUT2D eigenvalue weighted by atomic mass is 16.3. The zero-order chi connectivity index (χ0) is 14.7. The molecule has 1 atom stereocenters. The van der Waals surface area contributed by atoms with Crippen molar-refractivity contribution in [3.63, 3.8) is 0 Å². The highest BCUT2D eigenvalue weighted by Crippen LogP contribution is 2.19. The number of aliphatic hydroxyl groups is 1. The minimum atomic E-state index is 0.192. The Hall–Kier alpha value is -1.43. The van der Waals surface area contributed by atoms with Crippen LogP contribution in [0, 0.1) is 0 Å². The van der Waals surface area contributed by atoms with Crippen LogP contribution in [0.25, 0.3) is 10.9 Å². The zero-order valence-corrected chi connectivity index (χ0v) is 12.6. The molecule has 0 aliphatic carbocycles. The number of aromatic nitrogens is 2. The van der Waals surface area contributed by atoms with Gasteiger partial charge in [-0.1, -0.05) is 18.2 Å². The number of hydrogen-bond donors (Lipinski definition) is 2. The van der Waals surface area contributed by atoms with Crippen molar-refractivity contribution in [3.8, 4) is 0 Å². The van der Waals surface area contributed by atoms with Crippen LogP contribution in [-0.2, 0) is 13.6 Å². The summed E-state index contributed by atoms with van der Waals surface area (Å²) in [6, 6.07) is 8.87. The van der Waals surface area contributed by atoms with Crippen LogP contribution in [0.5, 0.6) is 0 Å². The largest absolute Gasteiger partial charge is 0.395 e. The molecule has 0 amide bonds. The van der Waals surface area contributed by atoms with Gasteiger partial charge in [0.1, 0.15) is 0 Å². The minimum Gasteiger partial charge on any atom is -0.395 e. The molecule has 1 fully saturated rings. The second-order valence-electron chi connectivity index (χ2n) is 5.84. The number of nitrogens with one attached hydrogen (secondary N) is 1. The second-order valence-corrected chi connectivity index (χ2v) is 5.84. The smallest absolute Gasteiger partial charge is 0.0843 e. The third kappa shape index (κ3) is 3.26. The number of hydrogen-bond acceptors (Lipinski definition) is 4. The van der Waals surface area contributed by atoms with E-state index in [2.05, 4.69) is 33.5 Å². The van der Waals surface area contributed by atoms with Crippen LogP contribution < -0.4 is 5.32 Å². The van der Waals surface area contributed by atoms with Gasteiger partial charge in [-0.3, -0.25) is 9.58 Å². The third-order valence-corrected chi connectivity index (χ3v) is 4.26. The normalized spacial score (nSPS) is 18.9. The van der Waals surface area contributed by atoms with Crippen molar-refractivity contribution < 1.29 is 5.11 Å². The molecule has 1 unspecified atom stereocenters. The summed E-state index contributed by atoms with van der Waals surface area (Å²) in [6.07, 6.45) is 2.48. The van der Waals surface area contributed by atoms with Gasteiger partial charge in [-0.05, 0) is 25.5 Å². The first-order valence-corrected chi connectivity index (χ1v) is 7.75. The van der Waals surface area contributed by atoms with Gasteiger partial charge in [0, 0.05) is 38.1 Å². The van der Waals surface area contributed by atoms with E-state index in [0.29, 0.717) is 12.6 Å². The molecular weight excluding hydrogens is 264 g/mol. The van der Waals surface area contributed by atoms with Gasteiger partial charge in [0.15, 0.2) is 0 Å². The lowest BCUT2D eigenvalue weighted by Gasteiger charge is -2.24. The molecule has 1 aliphatic rings. The predicted octanol–water partition coefficient (Wildman–Crippen LogP) is 1.12. The Morgan fingerprint density at radius 1 is 1.43 bits per heavy atom. The topological polar surface area (TPSA) is 53.3 Å². The Morgan fingerprint density at radius 3 is 3.05 bits per heavy atom. The van der Waals surface area contributed by atoms with Gasteiger partial charge in [-0.15, -0.1) is 0 Å². The first kappa shape index (κ1) is 14.5. The van der Waals surface area contributed by atoms with E-state index in [-0.39, 0.29) is 6.61 Å². The molecule has 1 saturated heterocycles. The van der Waals surface area contributed by atoms with Crippen molar-refractivity contribution in [3.05, 3.63) is 30.0 Å². The summed E-state index contributed by atoms with van der Waals surface area (Å²) in [5.41, 5.74) is 2.26. The quantitative estimate of drug-likeness (QED) is 0.836. The van der Waals surface area contributed by atoms with E-state index in [4.69, 9.17) is 0 Å². The van der Waals surface area contributed by atoms with Gasteiger partial charge in [0.2, 0.25) is 0 Å². The van der Waals surface area contributed by atoms with Crippen LogP contribution in [0.1, 0.15) is 18.5 Å². The molecular formula is C16H24N4O. The molecule has 1 aromatic heterocycles. The molecule has 3 rings (SSSR count). The van der Waals surface area contributed by atoms with Crippen LogP contribution in [-0.4, -0.2) is 52.1 Å². The molecule has 0 spiro atoms. The average Bonchev–Trinajstić information content (AvgIpc) is 3.09. The minimum absolute atomic E-state index is 0.192. The maximum atomic E-state index is 9.32. The van der Waals surface area contributed by atoms with E-state index in [1.54, 1.807) is 0 Å². The van der Waals surface area contributed by atoms with E-state index in [9.17, 15) is 5.11 Å². The number of para-hydroxylation sites is 1. The summed E-state index contributed by atoms with van der Waals surface area (Å²) in [5, 5.41) is 18.7. The molecule has 114 valence electrons. The van der Waals surface area contributed by atoms with Gasteiger partial charge < -0.3 is 10.4 Å². The van der Waals surface area contributed by atoms with Gasteiger partial charge in [0.05, 0.1) is 17.8 Å². The van der Waals surface area contributed by atoms with Crippen LogP contribution in [0.15, 0.2) is 24.3 Å². The lowest BCUT2D eigenvalue weighted by atomic mass is 10.1. The molecule has 5 heteroatoms. The van der Waals surface area contributed by atoms with E-state index in [0.717, 1.165) is 30.8 Å². The molecule has 21 heavy (non-hydrogen) atoms. The number of nitrogens with zero attached hydrogens (tertiary/aromatic N) is 3. The summed E-state index contributed by atoms with van der Waals surface area (Å²) >= 11 is 0. The van der Waals surface area contributed by atoms with Crippen LogP contribution >= 0.6 is 0 Å². The van der Waals surface area contributed by atoms with Gasteiger partial charge >= 0.3 is 0 Å². The van der Waals surface area contributed by atoms with E-state index in [1.807, 2.05) is 17.8 Å². The first-order valence-electron chi connectivity index (χ1n) is 7.75. The van der Waals surface area contributed by atoms with Crippen molar-refractivity contribution in [1.82, 2.24) is 20.0 Å². The SMILES string of the molecule is Cn1nc(CN(CCO)CC2CCCN2)c2ccccc21. The Labute approximate surface area is 125 Å². The summed E-state index contributed by atoms with van der Waals surface area (Å²) in [6.45, 7) is 3.77. The zero-order valence-electron chi connectivity index (χ0n) is 12.6. The van der Waals surface area contributed by atoms with E-state index in [1.165, 1.54) is 18.2 Å². The van der Waals surface area contributed by atoms with E-state index >= 15 is 0 Å². The number of fused-ring (bicyclic) bond motifs is 1. The number of rotatable bonds is 6. The lowest BCUT2D eigenvalue weighted by Crippen LogP contribution is -2.38. The summed E-state index contributed by atoms with van der Waals surface area (Å²) in [4.78, 5) is 2.30. The highest BCUT2D eigenvalue weighted by Gasteiger charge is 2.19. The van der Waals surface area contributed by atoms with Crippen molar-refractivity contribution in [2.24, 2.45) is 7.05 Å². The van der Waals surface area contributed by atoms with Crippen LogP contribution in [0.3, 0.4) is 0 Å². The molecule has 2 N–H and O–H groups in total. The number of benzene rings is 1.